The van der Waals surface area contributed by atoms with Crippen LogP contribution in [0.4, 0.5) is 5.69 Å². The van der Waals surface area contributed by atoms with Gasteiger partial charge < -0.3 is 19.7 Å². The second-order valence-corrected chi connectivity index (χ2v) is 5.25. The summed E-state index contributed by atoms with van der Waals surface area (Å²) in [6, 6.07) is 7.97. The number of nitro groups is 1. The number of carboxylic acid groups (broad SMARTS) is 1. The van der Waals surface area contributed by atoms with Gasteiger partial charge in [0.25, 0.3) is 0 Å². The fraction of sp³-hybridized carbons (Fsp3) is 0.111. The van der Waals surface area contributed by atoms with E-state index in [0.717, 1.165) is 6.07 Å². The molecule has 0 aromatic heterocycles. The number of benzene rings is 2. The van der Waals surface area contributed by atoms with Gasteiger partial charge in [0.05, 0.1) is 12.0 Å². The lowest BCUT2D eigenvalue weighted by Gasteiger charge is -2.09. The predicted octanol–water partition coefficient (Wildman–Crippen LogP) is 2.67. The van der Waals surface area contributed by atoms with E-state index in [9.17, 15) is 24.8 Å². The lowest BCUT2D eigenvalue weighted by Crippen LogP contribution is -2.10. The molecule has 0 bridgehead atoms. The van der Waals surface area contributed by atoms with Gasteiger partial charge in [0.2, 0.25) is 0 Å². The summed E-state index contributed by atoms with van der Waals surface area (Å²) in [4.78, 5) is 33.0. The Bertz CT molecular complexity index is 920. The lowest BCUT2D eigenvalue weighted by atomic mass is 10.1. The molecule has 0 amide bonds. The van der Waals surface area contributed by atoms with Gasteiger partial charge in [-0.15, -0.1) is 0 Å². The van der Waals surface area contributed by atoms with E-state index in [1.807, 2.05) is 0 Å². The first kappa shape index (κ1) is 19.4. The molecule has 0 radical (unpaired) electrons. The first-order valence-corrected chi connectivity index (χ1v) is 7.54. The largest absolute Gasteiger partial charge is 0.502 e. The topological polar surface area (TPSA) is 136 Å². The van der Waals surface area contributed by atoms with Crippen LogP contribution < -0.4 is 9.47 Å². The van der Waals surface area contributed by atoms with Crippen LogP contribution in [0.1, 0.15) is 15.9 Å². The molecular weight excluding hydrogens is 358 g/mol. The van der Waals surface area contributed by atoms with Crippen LogP contribution in [0.2, 0.25) is 0 Å². The standard InChI is InChI=1S/C18H15NO8/c1-26-17-9-12(4-7-16(17)27-10-18(22)23)14(20)5-2-11-3-6-15(21)13(8-11)19(24)25/h2-9,21H,10H2,1H3,(H,22,23)/b5-2+. The smallest absolute Gasteiger partial charge is 0.341 e. The molecule has 0 saturated carbocycles. The molecule has 0 fully saturated rings. The molecule has 0 saturated heterocycles. The molecule has 0 atom stereocenters. The van der Waals surface area contributed by atoms with Gasteiger partial charge in [-0.2, -0.15) is 0 Å². The molecule has 27 heavy (non-hydrogen) atoms. The molecule has 0 unspecified atom stereocenters. The number of carbonyl (C=O) groups excluding carboxylic acids is 1. The molecule has 0 aliphatic heterocycles. The molecule has 2 aromatic rings. The van der Waals surface area contributed by atoms with Gasteiger partial charge >= 0.3 is 11.7 Å². The van der Waals surface area contributed by atoms with Gasteiger partial charge in [0.1, 0.15) is 0 Å². The van der Waals surface area contributed by atoms with Crippen molar-refractivity contribution in [3.63, 3.8) is 0 Å². The maximum absolute atomic E-state index is 12.3. The third-order valence-electron chi connectivity index (χ3n) is 3.42. The van der Waals surface area contributed by atoms with Crippen LogP contribution in [0, 0.1) is 10.1 Å². The summed E-state index contributed by atoms with van der Waals surface area (Å²) in [6.07, 6.45) is 2.58. The Balaban J connectivity index is 2.20. The maximum Gasteiger partial charge on any atom is 0.341 e. The van der Waals surface area contributed by atoms with Crippen molar-refractivity contribution in [3.8, 4) is 17.2 Å². The number of hydrogen-bond acceptors (Lipinski definition) is 7. The van der Waals surface area contributed by atoms with E-state index in [-0.39, 0.29) is 17.1 Å². The summed E-state index contributed by atoms with van der Waals surface area (Å²) in [7, 11) is 1.35. The van der Waals surface area contributed by atoms with E-state index in [1.165, 1.54) is 49.6 Å². The zero-order valence-corrected chi connectivity index (χ0v) is 14.1. The Morgan fingerprint density at radius 1 is 1.19 bits per heavy atom. The SMILES string of the molecule is COc1cc(C(=O)/C=C/c2ccc(O)c([N+](=O)[O-])c2)ccc1OCC(=O)O. The van der Waals surface area contributed by atoms with Crippen molar-refractivity contribution in [1.29, 1.82) is 0 Å². The number of nitro benzene ring substituents is 1. The van der Waals surface area contributed by atoms with Crippen molar-refractivity contribution >= 4 is 23.5 Å². The van der Waals surface area contributed by atoms with Gasteiger partial charge in [-0.25, -0.2) is 4.79 Å². The minimum atomic E-state index is -1.15. The monoisotopic (exact) mass is 373 g/mol. The molecule has 140 valence electrons. The Hall–Kier alpha value is -3.88. The molecule has 0 spiro atoms. The fourth-order valence-corrected chi connectivity index (χ4v) is 2.14. The summed E-state index contributed by atoms with van der Waals surface area (Å²) >= 11 is 0. The molecule has 9 heteroatoms. The Morgan fingerprint density at radius 3 is 2.56 bits per heavy atom. The molecule has 2 rings (SSSR count). The normalized spacial score (nSPS) is 10.6. The number of nitrogens with zero attached hydrogens (tertiary/aromatic N) is 1. The molecular formula is C18H15NO8. The van der Waals surface area contributed by atoms with Gasteiger partial charge in [-0.1, -0.05) is 12.1 Å². The third-order valence-corrected chi connectivity index (χ3v) is 3.42. The second kappa shape index (κ2) is 8.48. The third kappa shape index (κ3) is 5.05. The Labute approximate surface area is 153 Å². The van der Waals surface area contributed by atoms with E-state index in [2.05, 4.69) is 0 Å². The highest BCUT2D eigenvalue weighted by Crippen LogP contribution is 2.29. The number of ketones is 1. The van der Waals surface area contributed by atoms with Crippen molar-refractivity contribution in [2.45, 2.75) is 0 Å². The van der Waals surface area contributed by atoms with E-state index in [0.29, 0.717) is 5.56 Å². The number of carbonyl (C=O) groups is 2. The summed E-state index contributed by atoms with van der Waals surface area (Å²) in [5.74, 6) is -1.66. The highest BCUT2D eigenvalue weighted by Gasteiger charge is 2.13. The molecule has 0 heterocycles. The number of phenolic OH excluding ortho intramolecular Hbond substituents is 1. The van der Waals surface area contributed by atoms with Crippen molar-refractivity contribution < 1.29 is 34.2 Å². The number of aromatic hydroxyl groups is 1. The maximum atomic E-state index is 12.3. The highest BCUT2D eigenvalue weighted by molar-refractivity contribution is 6.07. The van der Waals surface area contributed by atoms with Gasteiger partial charge in [-0.05, 0) is 35.9 Å². The summed E-state index contributed by atoms with van der Waals surface area (Å²) in [5, 5.41) is 28.9. The van der Waals surface area contributed by atoms with Crippen LogP contribution in [-0.2, 0) is 4.79 Å². The van der Waals surface area contributed by atoms with Crippen molar-refractivity contribution in [2.24, 2.45) is 0 Å². The number of allylic oxidation sites excluding steroid dienone is 1. The van der Waals surface area contributed by atoms with Crippen molar-refractivity contribution in [3.05, 3.63) is 63.7 Å². The van der Waals surface area contributed by atoms with Gasteiger partial charge in [0, 0.05) is 11.6 Å². The van der Waals surface area contributed by atoms with Crippen molar-refractivity contribution in [2.75, 3.05) is 13.7 Å². The zero-order valence-electron chi connectivity index (χ0n) is 14.1. The first-order chi connectivity index (χ1) is 12.8. The fourth-order valence-electron chi connectivity index (χ4n) is 2.14. The van der Waals surface area contributed by atoms with Crippen LogP contribution in [0.15, 0.2) is 42.5 Å². The average Bonchev–Trinajstić information content (AvgIpc) is 2.64. The molecule has 0 aliphatic carbocycles. The molecule has 2 N–H and O–H groups in total. The van der Waals surface area contributed by atoms with Crippen LogP contribution in [0.5, 0.6) is 17.2 Å². The summed E-state index contributed by atoms with van der Waals surface area (Å²) in [6.45, 7) is -0.552. The molecule has 0 aliphatic rings. The molecule has 2 aromatic carbocycles. The minimum absolute atomic E-state index is 0.176. The second-order valence-electron chi connectivity index (χ2n) is 5.25. The van der Waals surface area contributed by atoms with E-state index in [4.69, 9.17) is 14.6 Å². The van der Waals surface area contributed by atoms with E-state index >= 15 is 0 Å². The number of rotatable bonds is 8. The first-order valence-electron chi connectivity index (χ1n) is 7.54. The van der Waals surface area contributed by atoms with E-state index < -0.39 is 34.7 Å². The number of ether oxygens (including phenoxy) is 2. The average molecular weight is 373 g/mol. The Kier molecular flexibility index (Phi) is 6.10. The zero-order chi connectivity index (χ0) is 20.0. The lowest BCUT2D eigenvalue weighted by molar-refractivity contribution is -0.385. The van der Waals surface area contributed by atoms with E-state index in [1.54, 1.807) is 0 Å². The quantitative estimate of drug-likeness (QED) is 0.312. The van der Waals surface area contributed by atoms with Crippen molar-refractivity contribution in [1.82, 2.24) is 0 Å². The van der Waals surface area contributed by atoms with Crippen LogP contribution in [0.3, 0.4) is 0 Å². The van der Waals surface area contributed by atoms with Gasteiger partial charge in [0.15, 0.2) is 29.6 Å². The molecule has 9 nitrogen and oxygen atoms in total. The predicted molar refractivity (Wildman–Crippen MR) is 94.3 cm³/mol. The van der Waals surface area contributed by atoms with Crippen LogP contribution in [-0.4, -0.2) is 40.6 Å². The Morgan fingerprint density at radius 2 is 1.93 bits per heavy atom. The number of carboxylic acids is 1. The number of aliphatic carboxylic acids is 1. The summed E-state index contributed by atoms with van der Waals surface area (Å²) in [5.41, 5.74) is 0.145. The summed E-state index contributed by atoms with van der Waals surface area (Å²) < 4.78 is 10.1. The number of phenols is 1. The number of hydrogen-bond donors (Lipinski definition) is 2. The highest BCUT2D eigenvalue weighted by atomic mass is 16.6. The van der Waals surface area contributed by atoms with Gasteiger partial charge in [-0.3, -0.25) is 14.9 Å². The van der Waals surface area contributed by atoms with Crippen LogP contribution in [0.25, 0.3) is 6.08 Å². The van der Waals surface area contributed by atoms with Crippen LogP contribution >= 0.6 is 0 Å². The minimum Gasteiger partial charge on any atom is -0.502 e. The number of methoxy groups -OCH3 is 1.